The molecule has 9 heteroatoms. The average Bonchev–Trinajstić information content (AvgIpc) is 2.79. The normalized spacial score (nSPS) is 22.2. The van der Waals surface area contributed by atoms with Crippen LogP contribution in [0.2, 0.25) is 0 Å². The zero-order valence-corrected chi connectivity index (χ0v) is 19.8. The molecule has 2 unspecified atom stereocenters. The molecular formula is C25H19BrF3NO4. The molecule has 0 radical (unpaired) electrons. The molecule has 34 heavy (non-hydrogen) atoms. The maximum absolute atomic E-state index is 14.1. The van der Waals surface area contributed by atoms with Gasteiger partial charge in [-0.1, -0.05) is 51.3 Å². The van der Waals surface area contributed by atoms with Crippen molar-refractivity contribution in [1.29, 1.82) is 0 Å². The van der Waals surface area contributed by atoms with E-state index in [0.29, 0.717) is 0 Å². The van der Waals surface area contributed by atoms with Crippen LogP contribution >= 0.6 is 15.9 Å². The second kappa shape index (κ2) is 8.30. The van der Waals surface area contributed by atoms with E-state index < -0.39 is 35.0 Å². The molecule has 0 aliphatic heterocycles. The van der Waals surface area contributed by atoms with Crippen LogP contribution in [0.25, 0.3) is 0 Å². The quantitative estimate of drug-likeness (QED) is 0.300. The van der Waals surface area contributed by atoms with Crippen molar-refractivity contribution in [3.05, 3.63) is 74.8 Å². The van der Waals surface area contributed by atoms with Crippen molar-refractivity contribution < 1.29 is 32.3 Å². The van der Waals surface area contributed by atoms with E-state index in [4.69, 9.17) is 0 Å². The molecule has 4 rings (SSSR count). The lowest BCUT2D eigenvalue weighted by Gasteiger charge is -2.45. The zero-order chi connectivity index (χ0) is 25.0. The SMILES string of the molecule is CC1=C(C)CC2(C(=O)c3cc(NC(=O)C(F)(F)F)ccc3Br)C(=O)c3ccccc3C(=O)C2C1. The van der Waals surface area contributed by atoms with Crippen molar-refractivity contribution in [2.75, 3.05) is 5.32 Å². The number of carbonyl (C=O) groups is 4. The summed E-state index contributed by atoms with van der Waals surface area (Å²) >= 11 is 3.25. The highest BCUT2D eigenvalue weighted by Crippen LogP contribution is 2.52. The van der Waals surface area contributed by atoms with Crippen molar-refractivity contribution in [1.82, 2.24) is 0 Å². The summed E-state index contributed by atoms with van der Waals surface area (Å²) < 4.78 is 38.4. The van der Waals surface area contributed by atoms with Gasteiger partial charge in [-0.25, -0.2) is 0 Å². The molecule has 0 bridgehead atoms. The minimum absolute atomic E-state index is 0.0207. The lowest BCUT2D eigenvalue weighted by molar-refractivity contribution is -0.167. The van der Waals surface area contributed by atoms with Crippen LogP contribution in [0.3, 0.4) is 0 Å². The van der Waals surface area contributed by atoms with Gasteiger partial charge in [0.25, 0.3) is 0 Å². The second-order valence-corrected chi connectivity index (χ2v) is 9.53. The van der Waals surface area contributed by atoms with Gasteiger partial charge in [-0.3, -0.25) is 19.2 Å². The third-order valence-corrected chi connectivity index (χ3v) is 7.36. The molecule has 2 atom stereocenters. The van der Waals surface area contributed by atoms with Crippen molar-refractivity contribution in [3.63, 3.8) is 0 Å². The molecule has 0 fully saturated rings. The molecule has 2 aromatic carbocycles. The molecule has 2 aliphatic carbocycles. The summed E-state index contributed by atoms with van der Waals surface area (Å²) in [5, 5.41) is 1.73. The third kappa shape index (κ3) is 3.72. The van der Waals surface area contributed by atoms with Crippen molar-refractivity contribution in [3.8, 4) is 0 Å². The summed E-state index contributed by atoms with van der Waals surface area (Å²) in [5.74, 6) is -4.60. The molecule has 0 saturated heterocycles. The minimum Gasteiger partial charge on any atom is -0.318 e. The number of nitrogens with one attached hydrogen (secondary N) is 1. The molecule has 1 amide bonds. The Balaban J connectivity index is 1.87. The summed E-state index contributed by atoms with van der Waals surface area (Å²) in [6.07, 6.45) is -4.87. The summed E-state index contributed by atoms with van der Waals surface area (Å²) in [4.78, 5) is 52.8. The van der Waals surface area contributed by atoms with Gasteiger partial charge < -0.3 is 5.32 Å². The average molecular weight is 534 g/mol. The van der Waals surface area contributed by atoms with Gasteiger partial charge in [0.15, 0.2) is 17.3 Å². The first-order valence-electron chi connectivity index (χ1n) is 10.4. The number of ketones is 3. The third-order valence-electron chi connectivity index (χ3n) is 6.67. The maximum atomic E-state index is 14.1. The number of hydrogen-bond acceptors (Lipinski definition) is 4. The number of hydrogen-bond donors (Lipinski definition) is 1. The van der Waals surface area contributed by atoms with Gasteiger partial charge in [0.1, 0.15) is 5.41 Å². The number of allylic oxidation sites excluding steroid dienone is 2. The first kappa shape index (κ1) is 24.1. The van der Waals surface area contributed by atoms with Crippen LogP contribution in [0.15, 0.2) is 58.1 Å². The maximum Gasteiger partial charge on any atom is 0.471 e. The lowest BCUT2D eigenvalue weighted by Crippen LogP contribution is -2.54. The second-order valence-electron chi connectivity index (χ2n) is 8.68. The number of fused-ring (bicyclic) bond motifs is 2. The van der Waals surface area contributed by atoms with Gasteiger partial charge in [-0.15, -0.1) is 0 Å². The van der Waals surface area contributed by atoms with Gasteiger partial charge in [0, 0.05) is 32.8 Å². The summed E-state index contributed by atoms with van der Waals surface area (Å²) in [7, 11) is 0. The van der Waals surface area contributed by atoms with Crippen LogP contribution in [0.5, 0.6) is 0 Å². The number of alkyl halides is 3. The van der Waals surface area contributed by atoms with Gasteiger partial charge in [0.2, 0.25) is 0 Å². The summed E-state index contributed by atoms with van der Waals surface area (Å²) in [5.41, 5.74) is 0.0704. The molecule has 0 saturated carbocycles. The first-order chi connectivity index (χ1) is 15.9. The fourth-order valence-corrected chi connectivity index (χ4v) is 5.21. The number of halogens is 4. The molecule has 2 aliphatic rings. The molecule has 0 heterocycles. The molecular weight excluding hydrogens is 515 g/mol. The predicted molar refractivity (Wildman–Crippen MR) is 122 cm³/mol. The Labute approximate surface area is 201 Å². The van der Waals surface area contributed by atoms with E-state index in [9.17, 15) is 32.3 Å². The molecule has 0 aromatic heterocycles. The van der Waals surface area contributed by atoms with E-state index in [2.05, 4.69) is 15.9 Å². The number of amides is 1. The van der Waals surface area contributed by atoms with Crippen molar-refractivity contribution in [2.24, 2.45) is 11.3 Å². The van der Waals surface area contributed by atoms with E-state index in [-0.39, 0.29) is 45.5 Å². The first-order valence-corrected chi connectivity index (χ1v) is 11.2. The topological polar surface area (TPSA) is 80.3 Å². The van der Waals surface area contributed by atoms with E-state index in [1.165, 1.54) is 18.2 Å². The number of anilines is 1. The summed E-state index contributed by atoms with van der Waals surface area (Å²) in [6.45, 7) is 3.65. The van der Waals surface area contributed by atoms with Crippen LogP contribution in [0.1, 0.15) is 57.8 Å². The molecule has 2 aromatic rings. The fraction of sp³-hybridized carbons (Fsp3) is 0.280. The van der Waals surface area contributed by atoms with Crippen LogP contribution in [0, 0.1) is 11.3 Å². The minimum atomic E-state index is -5.11. The number of carbonyl (C=O) groups excluding carboxylic acids is 4. The number of Topliss-reactive ketones (excluding diaryl/α,β-unsaturated/α-hetero) is 3. The van der Waals surface area contributed by atoms with E-state index in [1.807, 2.05) is 6.92 Å². The lowest BCUT2D eigenvalue weighted by atomic mass is 9.53. The number of rotatable bonds is 3. The highest BCUT2D eigenvalue weighted by molar-refractivity contribution is 9.10. The highest BCUT2D eigenvalue weighted by atomic mass is 79.9. The monoisotopic (exact) mass is 533 g/mol. The Bertz CT molecular complexity index is 1300. The smallest absolute Gasteiger partial charge is 0.318 e. The molecule has 0 spiro atoms. The number of benzene rings is 2. The Kier molecular flexibility index (Phi) is 5.88. The van der Waals surface area contributed by atoms with Crippen LogP contribution in [0.4, 0.5) is 18.9 Å². The Morgan fingerprint density at radius 2 is 1.68 bits per heavy atom. The Hall–Kier alpha value is -3.07. The van der Waals surface area contributed by atoms with E-state index in [1.54, 1.807) is 30.4 Å². The molecule has 176 valence electrons. The van der Waals surface area contributed by atoms with E-state index >= 15 is 0 Å². The van der Waals surface area contributed by atoms with Crippen LogP contribution in [-0.2, 0) is 4.79 Å². The predicted octanol–water partition coefficient (Wildman–Crippen LogP) is 5.94. The Morgan fingerprint density at radius 3 is 2.32 bits per heavy atom. The fourth-order valence-electron chi connectivity index (χ4n) is 4.79. The Morgan fingerprint density at radius 1 is 1.03 bits per heavy atom. The molecule has 1 N–H and O–H groups in total. The zero-order valence-electron chi connectivity index (χ0n) is 18.2. The van der Waals surface area contributed by atoms with Crippen LogP contribution < -0.4 is 5.32 Å². The van der Waals surface area contributed by atoms with Crippen LogP contribution in [-0.4, -0.2) is 29.4 Å². The van der Waals surface area contributed by atoms with E-state index in [0.717, 1.165) is 17.2 Å². The van der Waals surface area contributed by atoms with Crippen molar-refractivity contribution in [2.45, 2.75) is 32.9 Å². The van der Waals surface area contributed by atoms with Crippen molar-refractivity contribution >= 4 is 44.9 Å². The summed E-state index contributed by atoms with van der Waals surface area (Å²) in [6, 6.07) is 9.97. The van der Waals surface area contributed by atoms with Gasteiger partial charge in [-0.05, 0) is 44.9 Å². The van der Waals surface area contributed by atoms with Gasteiger partial charge in [-0.2, -0.15) is 13.2 Å². The van der Waals surface area contributed by atoms with Gasteiger partial charge >= 0.3 is 12.1 Å². The van der Waals surface area contributed by atoms with Gasteiger partial charge in [0.05, 0.1) is 0 Å². The highest BCUT2D eigenvalue weighted by Gasteiger charge is 2.59. The molecule has 5 nitrogen and oxygen atoms in total. The largest absolute Gasteiger partial charge is 0.471 e. The standard InChI is InChI=1S/C25H19BrF3NO4/c1-12-9-18-20(31)15-5-3-4-6-16(15)21(32)24(18,11-13(12)2)22(33)17-10-14(7-8-19(17)26)30-23(34)25(27,28)29/h3-8,10,18H,9,11H2,1-2H3,(H,30,34).